The highest BCUT2D eigenvalue weighted by Crippen LogP contribution is 2.29. The van der Waals surface area contributed by atoms with Crippen molar-refractivity contribution in [1.82, 2.24) is 15.2 Å². The molecular formula is C19H23BrN4O3. The first kappa shape index (κ1) is 19.5. The van der Waals surface area contributed by atoms with Crippen molar-refractivity contribution in [3.8, 4) is 0 Å². The van der Waals surface area contributed by atoms with E-state index in [-0.39, 0.29) is 23.8 Å². The lowest BCUT2D eigenvalue weighted by molar-refractivity contribution is -0.114. The number of halogens is 1. The van der Waals surface area contributed by atoms with Gasteiger partial charge in [-0.3, -0.25) is 4.79 Å². The van der Waals surface area contributed by atoms with Crippen LogP contribution in [0.25, 0.3) is 0 Å². The lowest BCUT2D eigenvalue weighted by atomic mass is 9.93. The van der Waals surface area contributed by atoms with Gasteiger partial charge in [0.05, 0.1) is 10.6 Å². The predicted octanol–water partition coefficient (Wildman–Crippen LogP) is 3.29. The Balaban J connectivity index is 1.62. The van der Waals surface area contributed by atoms with E-state index in [9.17, 15) is 9.59 Å². The SMILES string of the molecule is CC1NC(Br)=CC(=Nc2ccc(C3CN(C(=O)OC(C)(C)C)C3)cn2)C1=O. The summed E-state index contributed by atoms with van der Waals surface area (Å²) in [5.41, 5.74) is 0.922. The number of nitrogens with zero attached hydrogens (tertiary/aromatic N) is 3. The van der Waals surface area contributed by atoms with Gasteiger partial charge in [0.2, 0.25) is 5.78 Å². The Bertz CT molecular complexity index is 805. The molecule has 1 atom stereocenters. The Hall–Kier alpha value is -2.22. The molecule has 0 radical (unpaired) electrons. The van der Waals surface area contributed by atoms with Gasteiger partial charge in [-0.2, -0.15) is 0 Å². The molecule has 7 nitrogen and oxygen atoms in total. The summed E-state index contributed by atoms with van der Waals surface area (Å²) < 4.78 is 6.09. The molecular weight excluding hydrogens is 412 g/mol. The molecule has 0 spiro atoms. The lowest BCUT2D eigenvalue weighted by Gasteiger charge is -2.39. The topological polar surface area (TPSA) is 83.9 Å². The van der Waals surface area contributed by atoms with Gasteiger partial charge >= 0.3 is 6.09 Å². The highest BCUT2D eigenvalue weighted by molar-refractivity contribution is 9.11. The fraction of sp³-hybridized carbons (Fsp3) is 0.474. The van der Waals surface area contributed by atoms with E-state index in [2.05, 4.69) is 31.2 Å². The number of ketones is 1. The zero-order chi connectivity index (χ0) is 19.8. The van der Waals surface area contributed by atoms with Crippen molar-refractivity contribution in [2.45, 2.75) is 45.3 Å². The number of nitrogens with one attached hydrogen (secondary N) is 1. The molecule has 1 aromatic heterocycles. The molecule has 0 aromatic carbocycles. The molecule has 0 aliphatic carbocycles. The van der Waals surface area contributed by atoms with Gasteiger partial charge in [-0.1, -0.05) is 6.07 Å². The maximum Gasteiger partial charge on any atom is 0.410 e. The number of rotatable bonds is 2. The highest BCUT2D eigenvalue weighted by Gasteiger charge is 2.34. The van der Waals surface area contributed by atoms with Gasteiger partial charge in [0.25, 0.3) is 0 Å². The number of Topliss-reactive ketones (excluding diaryl/α,β-unsaturated/α-hetero) is 1. The molecule has 1 N–H and O–H groups in total. The number of hydrogen-bond acceptors (Lipinski definition) is 6. The summed E-state index contributed by atoms with van der Waals surface area (Å²) in [7, 11) is 0. The summed E-state index contributed by atoms with van der Waals surface area (Å²) in [6.07, 6.45) is 3.12. The average molecular weight is 435 g/mol. The summed E-state index contributed by atoms with van der Waals surface area (Å²) in [6, 6.07) is 3.41. The molecule has 8 heteroatoms. The number of carbonyl (C=O) groups excluding carboxylic acids is 2. The van der Waals surface area contributed by atoms with Crippen molar-refractivity contribution < 1.29 is 14.3 Å². The second-order valence-corrected chi connectivity index (χ2v) is 8.61. The second kappa shape index (κ2) is 7.42. The monoisotopic (exact) mass is 434 g/mol. The number of pyridine rings is 1. The number of amides is 1. The van der Waals surface area contributed by atoms with Crippen molar-refractivity contribution in [1.29, 1.82) is 0 Å². The molecule has 1 unspecified atom stereocenters. The quantitative estimate of drug-likeness (QED) is 0.721. The number of likely N-dealkylation sites (tertiary alicyclic amines) is 1. The molecule has 2 aliphatic rings. The van der Waals surface area contributed by atoms with E-state index in [4.69, 9.17) is 4.74 Å². The van der Waals surface area contributed by atoms with Crippen LogP contribution >= 0.6 is 15.9 Å². The first-order chi connectivity index (χ1) is 12.6. The van der Waals surface area contributed by atoms with Crippen LogP contribution in [0.15, 0.2) is 34.0 Å². The third kappa shape index (κ3) is 4.74. The minimum absolute atomic E-state index is 0.0731. The zero-order valence-electron chi connectivity index (χ0n) is 15.8. The molecule has 27 heavy (non-hydrogen) atoms. The largest absolute Gasteiger partial charge is 0.444 e. The van der Waals surface area contributed by atoms with Gasteiger partial charge in [-0.05, 0) is 61.3 Å². The maximum atomic E-state index is 12.2. The van der Waals surface area contributed by atoms with Crippen LogP contribution in [0.2, 0.25) is 0 Å². The third-order valence-corrected chi connectivity index (χ3v) is 4.73. The molecule has 2 aliphatic heterocycles. The molecule has 1 aromatic rings. The molecule has 3 heterocycles. The van der Waals surface area contributed by atoms with Crippen LogP contribution in [0, 0.1) is 0 Å². The van der Waals surface area contributed by atoms with Crippen molar-refractivity contribution in [3.63, 3.8) is 0 Å². The van der Waals surface area contributed by atoms with Crippen molar-refractivity contribution in [2.75, 3.05) is 13.1 Å². The summed E-state index contributed by atoms with van der Waals surface area (Å²) in [5.74, 6) is 0.647. The van der Waals surface area contributed by atoms with Crippen molar-refractivity contribution >= 4 is 39.3 Å². The van der Waals surface area contributed by atoms with Gasteiger partial charge in [-0.15, -0.1) is 0 Å². The van der Waals surface area contributed by atoms with Gasteiger partial charge in [0, 0.05) is 25.2 Å². The van der Waals surface area contributed by atoms with Crippen LogP contribution in [0.1, 0.15) is 39.2 Å². The number of ether oxygens (including phenoxy) is 1. The zero-order valence-corrected chi connectivity index (χ0v) is 17.4. The minimum Gasteiger partial charge on any atom is -0.444 e. The van der Waals surface area contributed by atoms with Crippen LogP contribution in [-0.2, 0) is 9.53 Å². The van der Waals surface area contributed by atoms with Gasteiger partial charge < -0.3 is 15.0 Å². The van der Waals surface area contributed by atoms with E-state index >= 15 is 0 Å². The standard InChI is InChI=1S/C19H23BrN4O3/c1-11-17(25)14(7-15(20)22-11)23-16-6-5-12(8-21-16)13-9-24(10-13)18(26)27-19(2,3)4/h5-8,11,13,22H,9-10H2,1-4H3. The van der Waals surface area contributed by atoms with Crippen molar-refractivity contribution in [2.24, 2.45) is 4.99 Å². The Morgan fingerprint density at radius 1 is 1.37 bits per heavy atom. The number of hydrogen-bond donors (Lipinski definition) is 1. The van der Waals surface area contributed by atoms with E-state index in [0.717, 1.165) is 10.2 Å². The molecule has 3 rings (SSSR count). The van der Waals surface area contributed by atoms with Crippen LogP contribution in [-0.4, -0.2) is 52.2 Å². The van der Waals surface area contributed by atoms with E-state index in [1.165, 1.54) is 0 Å². The summed E-state index contributed by atoms with van der Waals surface area (Å²) >= 11 is 3.35. The Morgan fingerprint density at radius 3 is 2.67 bits per heavy atom. The molecule has 1 saturated heterocycles. The molecule has 1 amide bonds. The van der Waals surface area contributed by atoms with Crippen LogP contribution in [0.4, 0.5) is 10.6 Å². The van der Waals surface area contributed by atoms with Gasteiger partial charge in [0.15, 0.2) is 5.82 Å². The van der Waals surface area contributed by atoms with Crippen LogP contribution in [0.5, 0.6) is 0 Å². The Kier molecular flexibility index (Phi) is 5.37. The average Bonchev–Trinajstić information content (AvgIpc) is 2.50. The number of aromatic nitrogens is 1. The lowest BCUT2D eigenvalue weighted by Crippen LogP contribution is -2.50. The number of allylic oxidation sites excluding steroid dienone is 1. The smallest absolute Gasteiger partial charge is 0.410 e. The third-order valence-electron chi connectivity index (χ3n) is 4.27. The van der Waals surface area contributed by atoms with Crippen LogP contribution in [0.3, 0.4) is 0 Å². The molecule has 0 bridgehead atoms. The highest BCUT2D eigenvalue weighted by atomic mass is 79.9. The van der Waals surface area contributed by atoms with Gasteiger partial charge in [0.1, 0.15) is 11.3 Å². The second-order valence-electron chi connectivity index (χ2n) is 7.75. The summed E-state index contributed by atoms with van der Waals surface area (Å²) in [4.78, 5) is 34.6. The maximum absolute atomic E-state index is 12.2. The van der Waals surface area contributed by atoms with E-state index in [0.29, 0.717) is 24.6 Å². The summed E-state index contributed by atoms with van der Waals surface area (Å²) in [6.45, 7) is 8.58. The molecule has 0 saturated carbocycles. The normalized spacial score (nSPS) is 22.2. The number of aliphatic imine (C=N–C) groups is 1. The van der Waals surface area contributed by atoms with E-state index < -0.39 is 5.60 Å². The molecule has 1 fully saturated rings. The first-order valence-electron chi connectivity index (χ1n) is 8.83. The van der Waals surface area contributed by atoms with Crippen molar-refractivity contribution in [3.05, 3.63) is 34.6 Å². The van der Waals surface area contributed by atoms with Crippen LogP contribution < -0.4 is 5.32 Å². The predicted molar refractivity (Wildman–Crippen MR) is 106 cm³/mol. The first-order valence-corrected chi connectivity index (χ1v) is 9.62. The fourth-order valence-electron chi connectivity index (χ4n) is 2.81. The molecule has 144 valence electrons. The Morgan fingerprint density at radius 2 is 2.07 bits per heavy atom. The Labute approximate surface area is 167 Å². The fourth-order valence-corrected chi connectivity index (χ4v) is 3.37. The minimum atomic E-state index is -0.489. The summed E-state index contributed by atoms with van der Waals surface area (Å²) in [5, 5.41) is 3.00. The van der Waals surface area contributed by atoms with E-state index in [1.807, 2.05) is 26.8 Å². The van der Waals surface area contributed by atoms with E-state index in [1.54, 1.807) is 30.2 Å². The van der Waals surface area contributed by atoms with Gasteiger partial charge in [-0.25, -0.2) is 14.8 Å². The number of carbonyl (C=O) groups is 2.